The number of rotatable bonds is 8. The Hall–Kier alpha value is -8.50. The SMILES string of the molecule is c1ccc(-c2cccc(-c3ccc(N(c4ccc(-c5ccccc5-n5c6ccccc6c6ccccc65)cc4)c4ccc(-c5cccc6c5sc5c7ccccc7ccc65)cc4)cc3)c2)cc1. The first-order chi connectivity index (χ1) is 33.2. The third-order valence-corrected chi connectivity index (χ3v) is 14.7. The Labute approximate surface area is 393 Å². The highest BCUT2D eigenvalue weighted by Gasteiger charge is 2.19. The third kappa shape index (κ3) is 6.71. The van der Waals surface area contributed by atoms with Crippen LogP contribution in [0.15, 0.2) is 255 Å². The van der Waals surface area contributed by atoms with Crippen LogP contribution < -0.4 is 4.90 Å². The van der Waals surface area contributed by atoms with Gasteiger partial charge in [0.25, 0.3) is 0 Å². The second-order valence-electron chi connectivity index (χ2n) is 17.3. The van der Waals surface area contributed by atoms with E-state index < -0.39 is 0 Å². The van der Waals surface area contributed by atoms with E-state index in [0.29, 0.717) is 0 Å². The van der Waals surface area contributed by atoms with Crippen LogP contribution in [0.4, 0.5) is 17.1 Å². The molecule has 0 amide bonds. The molecule has 11 aromatic carbocycles. The van der Waals surface area contributed by atoms with E-state index in [9.17, 15) is 0 Å². The second-order valence-corrected chi connectivity index (χ2v) is 18.3. The molecule has 0 unspecified atom stereocenters. The van der Waals surface area contributed by atoms with Gasteiger partial charge in [-0.3, -0.25) is 0 Å². The van der Waals surface area contributed by atoms with Crippen LogP contribution in [0.1, 0.15) is 0 Å². The fourth-order valence-corrected chi connectivity index (χ4v) is 11.6. The van der Waals surface area contributed by atoms with E-state index in [4.69, 9.17) is 0 Å². The van der Waals surface area contributed by atoms with Crippen molar-refractivity contribution >= 4 is 81.1 Å². The van der Waals surface area contributed by atoms with E-state index >= 15 is 0 Å². The van der Waals surface area contributed by atoms with Crippen LogP contribution in [-0.4, -0.2) is 4.57 Å². The lowest BCUT2D eigenvalue weighted by atomic mass is 9.98. The van der Waals surface area contributed by atoms with E-state index in [-0.39, 0.29) is 0 Å². The van der Waals surface area contributed by atoms with Gasteiger partial charge < -0.3 is 9.47 Å². The van der Waals surface area contributed by atoms with E-state index in [1.54, 1.807) is 0 Å². The molecule has 0 aliphatic rings. The Morgan fingerprint density at radius 2 is 0.746 bits per heavy atom. The molecule has 0 atom stereocenters. The van der Waals surface area contributed by atoms with Gasteiger partial charge >= 0.3 is 0 Å². The van der Waals surface area contributed by atoms with Gasteiger partial charge in [0, 0.05) is 53.6 Å². The molecule has 2 nitrogen and oxygen atoms in total. The van der Waals surface area contributed by atoms with Gasteiger partial charge in [0.2, 0.25) is 0 Å². The molecule has 13 aromatic rings. The summed E-state index contributed by atoms with van der Waals surface area (Å²) >= 11 is 1.90. The fraction of sp³-hybridized carbons (Fsp3) is 0. The molecular formula is C64H42N2S. The zero-order valence-corrected chi connectivity index (χ0v) is 37.4. The number of para-hydroxylation sites is 3. The van der Waals surface area contributed by atoms with Gasteiger partial charge in [-0.05, 0) is 110 Å². The van der Waals surface area contributed by atoms with Crippen molar-refractivity contribution in [2.75, 3.05) is 4.90 Å². The van der Waals surface area contributed by atoms with Crippen molar-refractivity contribution in [1.82, 2.24) is 4.57 Å². The summed E-state index contributed by atoms with van der Waals surface area (Å²) in [7, 11) is 0. The van der Waals surface area contributed by atoms with Gasteiger partial charge in [0.1, 0.15) is 0 Å². The van der Waals surface area contributed by atoms with Gasteiger partial charge in [-0.15, -0.1) is 11.3 Å². The van der Waals surface area contributed by atoms with Crippen LogP contribution in [-0.2, 0) is 0 Å². The maximum Gasteiger partial charge on any atom is 0.0541 e. The number of benzene rings is 11. The normalized spacial score (nSPS) is 11.6. The molecule has 0 saturated carbocycles. The molecule has 2 aromatic heterocycles. The van der Waals surface area contributed by atoms with E-state index in [2.05, 4.69) is 264 Å². The number of fused-ring (bicyclic) bond motifs is 8. The van der Waals surface area contributed by atoms with Gasteiger partial charge in [-0.1, -0.05) is 194 Å². The predicted molar refractivity (Wildman–Crippen MR) is 288 cm³/mol. The minimum Gasteiger partial charge on any atom is -0.311 e. The van der Waals surface area contributed by atoms with Crippen LogP contribution in [0.3, 0.4) is 0 Å². The Morgan fingerprint density at radius 3 is 1.42 bits per heavy atom. The summed E-state index contributed by atoms with van der Waals surface area (Å²) in [6.07, 6.45) is 0. The lowest BCUT2D eigenvalue weighted by molar-refractivity contribution is 1.18. The number of nitrogens with zero attached hydrogens (tertiary/aromatic N) is 2. The maximum atomic E-state index is 2.42. The minimum absolute atomic E-state index is 1.09. The number of hydrogen-bond donors (Lipinski definition) is 0. The lowest BCUT2D eigenvalue weighted by Gasteiger charge is -2.26. The molecule has 0 aliphatic carbocycles. The lowest BCUT2D eigenvalue weighted by Crippen LogP contribution is -2.09. The highest BCUT2D eigenvalue weighted by atomic mass is 32.1. The number of anilines is 3. The monoisotopic (exact) mass is 870 g/mol. The molecule has 0 aliphatic heterocycles. The average Bonchev–Trinajstić information content (AvgIpc) is 3.96. The molecule has 0 fully saturated rings. The number of thiophene rings is 1. The first-order valence-electron chi connectivity index (χ1n) is 22.9. The molecule has 0 radical (unpaired) electrons. The standard InChI is InChI=1S/C64H42N2S/c1-2-14-43(15-3-1)48-17-12-18-49(42-48)44-28-35-50(36-29-44)65(52-39-32-47(33-40-52)55-23-13-24-58-59-41-34-45-16-4-5-20-54(45)64(59)67-63(55)58)51-37-30-46(31-38-51)53-19-6-9-25-60(53)66-61-26-10-7-21-56(61)57-22-8-11-27-62(57)66/h1-42H. The van der Waals surface area contributed by atoms with Crippen molar-refractivity contribution in [3.8, 4) is 50.2 Å². The van der Waals surface area contributed by atoms with Crippen LogP contribution in [0.2, 0.25) is 0 Å². The molecule has 0 N–H and O–H groups in total. The quantitative estimate of drug-likeness (QED) is 0.148. The highest BCUT2D eigenvalue weighted by molar-refractivity contribution is 7.27. The zero-order valence-electron chi connectivity index (χ0n) is 36.6. The van der Waals surface area contributed by atoms with Gasteiger partial charge in [0.05, 0.1) is 16.7 Å². The molecule has 3 heteroatoms. The van der Waals surface area contributed by atoms with Crippen LogP contribution in [0.25, 0.3) is 103 Å². The van der Waals surface area contributed by atoms with Crippen molar-refractivity contribution in [2.24, 2.45) is 0 Å². The summed E-state index contributed by atoms with van der Waals surface area (Å²) in [5, 5.41) is 7.74. The van der Waals surface area contributed by atoms with Crippen molar-refractivity contribution < 1.29 is 0 Å². The fourth-order valence-electron chi connectivity index (χ4n) is 10.2. The maximum absolute atomic E-state index is 2.42. The summed E-state index contributed by atoms with van der Waals surface area (Å²) < 4.78 is 5.09. The van der Waals surface area contributed by atoms with Crippen molar-refractivity contribution in [3.63, 3.8) is 0 Å². The summed E-state index contributed by atoms with van der Waals surface area (Å²) in [5.41, 5.74) is 16.4. The summed E-state index contributed by atoms with van der Waals surface area (Å²) in [6, 6.07) is 93.0. The van der Waals surface area contributed by atoms with Crippen molar-refractivity contribution in [1.29, 1.82) is 0 Å². The zero-order chi connectivity index (χ0) is 44.3. The molecule has 0 spiro atoms. The van der Waals surface area contributed by atoms with Crippen LogP contribution >= 0.6 is 11.3 Å². The highest BCUT2D eigenvalue weighted by Crippen LogP contribution is 2.45. The largest absolute Gasteiger partial charge is 0.311 e. The molecule has 314 valence electrons. The first kappa shape index (κ1) is 38.9. The molecule has 2 heterocycles. The smallest absolute Gasteiger partial charge is 0.0541 e. The Balaban J connectivity index is 0.903. The number of aromatic nitrogens is 1. The van der Waals surface area contributed by atoms with E-state index in [1.165, 1.54) is 91.7 Å². The summed E-state index contributed by atoms with van der Waals surface area (Å²) in [4.78, 5) is 2.38. The second kappa shape index (κ2) is 16.2. The molecule has 0 bridgehead atoms. The molecular weight excluding hydrogens is 829 g/mol. The van der Waals surface area contributed by atoms with Crippen molar-refractivity contribution in [2.45, 2.75) is 0 Å². The number of hydrogen-bond acceptors (Lipinski definition) is 2. The summed E-state index contributed by atoms with van der Waals surface area (Å²) in [6.45, 7) is 0. The minimum atomic E-state index is 1.09. The summed E-state index contributed by atoms with van der Waals surface area (Å²) in [5.74, 6) is 0. The van der Waals surface area contributed by atoms with E-state index in [1.807, 2.05) is 11.3 Å². The molecule has 13 rings (SSSR count). The van der Waals surface area contributed by atoms with Gasteiger partial charge in [-0.2, -0.15) is 0 Å². The Kier molecular flexibility index (Phi) is 9.40. The van der Waals surface area contributed by atoms with E-state index in [0.717, 1.165) is 28.3 Å². The Bertz CT molecular complexity index is 3900. The van der Waals surface area contributed by atoms with Crippen molar-refractivity contribution in [3.05, 3.63) is 255 Å². The van der Waals surface area contributed by atoms with Crippen LogP contribution in [0.5, 0.6) is 0 Å². The third-order valence-electron chi connectivity index (χ3n) is 13.4. The molecule has 67 heavy (non-hydrogen) atoms. The molecule has 0 saturated heterocycles. The predicted octanol–water partition coefficient (Wildman–Crippen LogP) is 18.4. The first-order valence-corrected chi connectivity index (χ1v) is 23.7. The van der Waals surface area contributed by atoms with Gasteiger partial charge in [0.15, 0.2) is 0 Å². The Morgan fingerprint density at radius 1 is 0.284 bits per heavy atom. The average molecular weight is 871 g/mol. The van der Waals surface area contributed by atoms with Crippen LogP contribution in [0, 0.1) is 0 Å². The topological polar surface area (TPSA) is 8.17 Å². The van der Waals surface area contributed by atoms with Gasteiger partial charge in [-0.25, -0.2) is 0 Å².